The number of imidazole rings is 3. The van der Waals surface area contributed by atoms with Gasteiger partial charge in [0.25, 0.3) is 0 Å². The maximum atomic E-state index is 13.3. The number of sulfonamides is 2. The van der Waals surface area contributed by atoms with Gasteiger partial charge in [0.2, 0.25) is 25.8 Å². The van der Waals surface area contributed by atoms with E-state index in [9.17, 15) is 36.9 Å². The number of carbonyl (C=O) groups excluding carboxylic acids is 1. The van der Waals surface area contributed by atoms with Crippen molar-refractivity contribution < 1.29 is 51.2 Å². The summed E-state index contributed by atoms with van der Waals surface area (Å²) in [5.74, 6) is 2.77. The van der Waals surface area contributed by atoms with Gasteiger partial charge in [-0.05, 0) is 177 Å². The van der Waals surface area contributed by atoms with Gasteiger partial charge in [0.1, 0.15) is 29.0 Å². The number of nitrogens with zero attached hydrogens (tertiary/aromatic N) is 6. The molecule has 11 aromatic rings. The summed E-state index contributed by atoms with van der Waals surface area (Å²) >= 11 is 0. The van der Waals surface area contributed by atoms with Crippen LogP contribution in [0.4, 0.5) is 33.2 Å². The molecule has 107 heavy (non-hydrogen) atoms. The van der Waals surface area contributed by atoms with Crippen molar-refractivity contribution in [2.75, 3.05) is 101 Å². The number of aromatic amines is 2. The summed E-state index contributed by atoms with van der Waals surface area (Å²) in [4.78, 5) is 39.2. The van der Waals surface area contributed by atoms with Crippen LogP contribution in [0.5, 0.6) is 34.5 Å². The van der Waals surface area contributed by atoms with Gasteiger partial charge in [-0.2, -0.15) is 0 Å². The topological polar surface area (TPSA) is 304 Å². The molecule has 0 unspecified atom stereocenters. The Bertz CT molecular complexity index is 5120. The lowest BCUT2D eigenvalue weighted by atomic mass is 9.85. The van der Waals surface area contributed by atoms with E-state index in [4.69, 9.17) is 29.2 Å². The highest BCUT2D eigenvalue weighted by Gasteiger charge is 2.31. The van der Waals surface area contributed by atoms with Crippen molar-refractivity contribution >= 4 is 66.7 Å². The van der Waals surface area contributed by atoms with E-state index in [0.29, 0.717) is 34.9 Å². The third-order valence-corrected chi connectivity index (χ3v) is 19.6. The molecule has 0 atom stereocenters. The Balaban J connectivity index is 0.000000172. The van der Waals surface area contributed by atoms with E-state index in [1.165, 1.54) is 38.5 Å². The van der Waals surface area contributed by atoms with Gasteiger partial charge < -0.3 is 59.9 Å². The number of anilines is 5. The van der Waals surface area contributed by atoms with Crippen LogP contribution in [-0.4, -0.2) is 144 Å². The van der Waals surface area contributed by atoms with E-state index < -0.39 is 25.8 Å². The van der Waals surface area contributed by atoms with Crippen molar-refractivity contribution in [3.05, 3.63) is 203 Å². The van der Waals surface area contributed by atoms with Gasteiger partial charge in [0, 0.05) is 104 Å². The van der Waals surface area contributed by atoms with Crippen LogP contribution in [0.3, 0.4) is 0 Å². The molecule has 3 heterocycles. The Hall–Kier alpha value is -11.7. The standard InChI is InChI=1S/C29H32N4O.C27H31N5O5S2.C26H31N3O5/c1-19-17-23(18-20(2)28(19)34)29-30-26(16-9-21-7-12-24(13-8-21)32(3)4)27(31-29)22-10-14-25(15-11-22)33(5)6;1-17-14-20(28-2)11-12-21(17)25-22(13-10-18-8-6-5-7-9-18)29-27(30-25)19-15-23(31-38(3,34)35)26(33)24(16-19)32-39(4,36)37;1-27-26(31)29-23(17-10-12-19(32-2)13-11-17)22(16-8-6-5-7-9-16)28-25(29)18-14-20(33-3)24(30)21(15-18)34-4/h7-18,34H,1-6H3,(H,30,31);5-9,11-12,14-16,28,31-33H,10,13H2,1-4H3,(H,29,30);10-16,30H,5-9H2,1-4H3,(H,27,31)/b16-9+;;. The number of carbonyl (C=O) groups is 1. The third-order valence-electron chi connectivity index (χ3n) is 18.4. The first-order valence-electron chi connectivity index (χ1n) is 34.9. The molecule has 12 rings (SSSR count). The number of hydrogen-bond donors (Lipinski definition) is 9. The molecule has 560 valence electrons. The molecule has 0 aliphatic heterocycles. The van der Waals surface area contributed by atoms with Crippen molar-refractivity contribution in [2.45, 2.75) is 71.6 Å². The van der Waals surface area contributed by atoms with Crippen LogP contribution in [0.15, 0.2) is 158 Å². The van der Waals surface area contributed by atoms with Crippen molar-refractivity contribution in [3.63, 3.8) is 0 Å². The second-order valence-corrected chi connectivity index (χ2v) is 30.3. The zero-order valence-electron chi connectivity index (χ0n) is 62.8. The highest BCUT2D eigenvalue weighted by atomic mass is 32.2. The van der Waals surface area contributed by atoms with Crippen LogP contribution < -0.4 is 44.1 Å². The largest absolute Gasteiger partial charge is 0.507 e. The van der Waals surface area contributed by atoms with Crippen LogP contribution in [0.2, 0.25) is 0 Å². The molecule has 0 saturated heterocycles. The molecule has 0 spiro atoms. The summed E-state index contributed by atoms with van der Waals surface area (Å²) in [6, 6.07) is 50.3. The molecule has 23 nitrogen and oxygen atoms in total. The summed E-state index contributed by atoms with van der Waals surface area (Å²) < 4.78 is 70.0. The first kappa shape index (κ1) is 77.9. The van der Waals surface area contributed by atoms with Crippen molar-refractivity contribution in [1.82, 2.24) is 34.8 Å². The Morgan fingerprint density at radius 2 is 1.12 bits per heavy atom. The lowest BCUT2D eigenvalue weighted by Gasteiger charge is -2.21. The van der Waals surface area contributed by atoms with Gasteiger partial charge in [-0.3, -0.25) is 9.44 Å². The minimum absolute atomic E-state index is 0.102. The monoisotopic (exact) mass is 1490 g/mol. The van der Waals surface area contributed by atoms with E-state index in [1.807, 2.05) is 129 Å². The average molecular weight is 1490 g/mol. The second kappa shape index (κ2) is 34.0. The van der Waals surface area contributed by atoms with Gasteiger partial charge in [-0.15, -0.1) is 0 Å². The molecule has 9 N–H and O–H groups in total. The first-order valence-corrected chi connectivity index (χ1v) is 38.7. The maximum absolute atomic E-state index is 13.3. The zero-order chi connectivity index (χ0) is 77.0. The van der Waals surface area contributed by atoms with E-state index in [0.717, 1.165) is 152 Å². The summed E-state index contributed by atoms with van der Waals surface area (Å²) in [6.07, 6.45) is 13.0. The van der Waals surface area contributed by atoms with E-state index in [-0.39, 0.29) is 40.6 Å². The minimum atomic E-state index is -3.78. The fraction of sp³-hybridized carbons (Fsp3) is 0.268. The van der Waals surface area contributed by atoms with Gasteiger partial charge in [0.05, 0.1) is 73.7 Å². The number of phenolic OH excluding ortho intramolecular Hbond substituents is 3. The van der Waals surface area contributed by atoms with Gasteiger partial charge >= 0.3 is 6.03 Å². The Kier molecular flexibility index (Phi) is 24.8. The predicted octanol–water partition coefficient (Wildman–Crippen LogP) is 15.9. The van der Waals surface area contributed by atoms with Crippen molar-refractivity contribution in [1.29, 1.82) is 0 Å². The number of nitrogens with one attached hydrogen (secondary N) is 6. The van der Waals surface area contributed by atoms with E-state index in [1.54, 1.807) is 30.9 Å². The summed E-state index contributed by atoms with van der Waals surface area (Å²) in [5.41, 5.74) is 17.7. The Morgan fingerprint density at radius 1 is 0.570 bits per heavy atom. The first-order chi connectivity index (χ1) is 51.1. The number of aromatic hydroxyl groups is 3. The Morgan fingerprint density at radius 3 is 1.65 bits per heavy atom. The van der Waals surface area contributed by atoms with Crippen LogP contribution in [0.25, 0.3) is 80.1 Å². The number of hydrogen-bond acceptors (Lipinski definition) is 17. The van der Waals surface area contributed by atoms with Crippen LogP contribution in [-0.2, 0) is 32.9 Å². The molecule has 1 aliphatic carbocycles. The number of rotatable bonds is 22. The highest BCUT2D eigenvalue weighted by molar-refractivity contribution is 7.92. The average Bonchev–Trinajstić information content (AvgIpc) is 1.62. The number of methoxy groups -OCH3 is 3. The van der Waals surface area contributed by atoms with E-state index in [2.05, 4.69) is 113 Å². The quantitative estimate of drug-likeness (QED) is 0.0285. The Labute approximate surface area is 626 Å². The fourth-order valence-electron chi connectivity index (χ4n) is 12.9. The number of phenols is 3. The number of benzene rings is 8. The number of ether oxygens (including phenoxy) is 3. The molecule has 1 saturated carbocycles. The maximum Gasteiger partial charge on any atom is 0.327 e. The number of H-pyrrole nitrogens is 2. The molecule has 1 amide bonds. The zero-order valence-corrected chi connectivity index (χ0v) is 64.4. The summed E-state index contributed by atoms with van der Waals surface area (Å²) in [7, 11) is 8.61. The SMILES string of the molecule is CNC(=O)n1c(-c2cc(OC)c(O)c(OC)c2)nc(C2CCCCC2)c1-c1ccc(OC)cc1.CNc1ccc(-c2nc(-c3cc(NS(C)(=O)=O)c(O)c(NS(C)(=O)=O)c3)[nH]c2CCc2ccccc2)c(C)c1.Cc1cc(-c2nc(-c3ccc(N(C)C)cc3)c(/C=C/c3ccc(N(C)C)cc3)[nH]2)cc(C)c1O. The lowest BCUT2D eigenvalue weighted by molar-refractivity contribution is 0.245. The van der Waals surface area contributed by atoms with E-state index >= 15 is 0 Å². The number of amides is 1. The minimum Gasteiger partial charge on any atom is -0.507 e. The summed E-state index contributed by atoms with van der Waals surface area (Å²) in [6.45, 7) is 5.82. The molecule has 0 bridgehead atoms. The lowest BCUT2D eigenvalue weighted by Crippen LogP contribution is -2.26. The van der Waals surface area contributed by atoms with Gasteiger partial charge in [0.15, 0.2) is 17.2 Å². The fourth-order valence-corrected chi connectivity index (χ4v) is 14.0. The molecule has 3 aromatic heterocycles. The predicted molar refractivity (Wildman–Crippen MR) is 431 cm³/mol. The molecule has 8 aromatic carbocycles. The number of aryl methyl sites for hydroxylation is 5. The molecular weight excluding hydrogens is 1390 g/mol. The summed E-state index contributed by atoms with van der Waals surface area (Å²) in [5, 5.41) is 37.1. The van der Waals surface area contributed by atoms with Crippen LogP contribution >= 0.6 is 0 Å². The highest BCUT2D eigenvalue weighted by Crippen LogP contribution is 2.46. The van der Waals surface area contributed by atoms with Crippen molar-refractivity contribution in [2.24, 2.45) is 0 Å². The normalized spacial score (nSPS) is 12.3. The number of aromatic nitrogens is 6. The van der Waals surface area contributed by atoms with Crippen LogP contribution in [0.1, 0.15) is 82.9 Å². The third kappa shape index (κ3) is 19.1. The van der Waals surface area contributed by atoms with Crippen LogP contribution in [0, 0.1) is 20.8 Å². The molecule has 1 fully saturated rings. The molecular formula is C82H94N12O11S2. The van der Waals surface area contributed by atoms with Crippen molar-refractivity contribution in [3.8, 4) is 102 Å². The molecule has 1 aliphatic rings. The van der Waals surface area contributed by atoms with Gasteiger partial charge in [-0.1, -0.05) is 86.0 Å². The molecule has 0 radical (unpaired) electrons. The van der Waals surface area contributed by atoms with Gasteiger partial charge in [-0.25, -0.2) is 41.1 Å². The second-order valence-electron chi connectivity index (χ2n) is 26.8. The molecule has 25 heteroatoms. The smallest absolute Gasteiger partial charge is 0.327 e.